The van der Waals surface area contributed by atoms with E-state index in [1.54, 1.807) is 11.3 Å². The Morgan fingerprint density at radius 2 is 2.29 bits per heavy atom. The largest absolute Gasteiger partial charge is 0.334 e. The number of nitrogens with zero attached hydrogens (tertiary/aromatic N) is 3. The first-order valence-corrected chi connectivity index (χ1v) is 6.79. The van der Waals surface area contributed by atoms with Gasteiger partial charge in [0.05, 0.1) is 11.6 Å². The summed E-state index contributed by atoms with van der Waals surface area (Å²) in [6.07, 6.45) is 5.73. The van der Waals surface area contributed by atoms with Gasteiger partial charge in [-0.05, 0) is 6.92 Å². The van der Waals surface area contributed by atoms with E-state index in [1.807, 2.05) is 24.0 Å². The Morgan fingerprint density at radius 3 is 3.00 bits per heavy atom. The van der Waals surface area contributed by atoms with E-state index in [2.05, 4.69) is 33.7 Å². The fraction of sp³-hybridized carbons (Fsp3) is 0.500. The third-order valence-corrected chi connectivity index (χ3v) is 3.76. The van der Waals surface area contributed by atoms with Gasteiger partial charge in [0.2, 0.25) is 0 Å². The number of hydrogen-bond acceptors (Lipinski definition) is 4. The molecule has 0 amide bonds. The molecule has 92 valence electrons. The van der Waals surface area contributed by atoms with E-state index in [0.29, 0.717) is 5.92 Å². The molecule has 17 heavy (non-hydrogen) atoms. The van der Waals surface area contributed by atoms with Gasteiger partial charge in [0.15, 0.2) is 0 Å². The fourth-order valence-corrected chi connectivity index (χ4v) is 2.46. The molecule has 0 radical (unpaired) electrons. The molecule has 0 spiro atoms. The van der Waals surface area contributed by atoms with Crippen molar-refractivity contribution in [3.63, 3.8) is 0 Å². The monoisotopic (exact) mass is 250 g/mol. The number of thiazole rings is 1. The molecule has 0 saturated heterocycles. The Hall–Kier alpha value is -1.20. The zero-order valence-corrected chi connectivity index (χ0v) is 11.1. The molecule has 4 nitrogen and oxygen atoms in total. The Labute approximate surface area is 106 Å². The molecule has 0 aliphatic carbocycles. The first-order chi connectivity index (χ1) is 8.31. The summed E-state index contributed by atoms with van der Waals surface area (Å²) in [6.45, 7) is 7.04. The van der Waals surface area contributed by atoms with E-state index in [0.717, 1.165) is 25.5 Å². The van der Waals surface area contributed by atoms with Gasteiger partial charge in [0.25, 0.3) is 0 Å². The van der Waals surface area contributed by atoms with Crippen LogP contribution in [0.2, 0.25) is 0 Å². The molecule has 0 saturated carbocycles. The number of nitrogens with one attached hydrogen (secondary N) is 1. The number of aryl methyl sites for hydroxylation is 1. The Bertz CT molecular complexity index is 435. The molecule has 2 aromatic heterocycles. The highest BCUT2D eigenvalue weighted by molar-refractivity contribution is 7.09. The van der Waals surface area contributed by atoms with Crippen molar-refractivity contribution in [1.29, 1.82) is 0 Å². The molecule has 0 fully saturated rings. The second-order valence-corrected chi connectivity index (χ2v) is 4.96. The molecule has 0 bridgehead atoms. The maximum Gasteiger partial charge on any atom is 0.122 e. The minimum absolute atomic E-state index is 0.458. The maximum absolute atomic E-state index is 4.33. The predicted molar refractivity (Wildman–Crippen MR) is 70.1 cm³/mol. The first kappa shape index (κ1) is 12.3. The average Bonchev–Trinajstić information content (AvgIpc) is 2.99. The van der Waals surface area contributed by atoms with E-state index in [9.17, 15) is 0 Å². The summed E-state index contributed by atoms with van der Waals surface area (Å²) in [5, 5.41) is 6.65. The molecule has 1 unspecified atom stereocenters. The maximum atomic E-state index is 4.33. The summed E-state index contributed by atoms with van der Waals surface area (Å²) in [6, 6.07) is 0. The van der Waals surface area contributed by atoms with Crippen LogP contribution in [0, 0.1) is 0 Å². The Morgan fingerprint density at radius 1 is 1.41 bits per heavy atom. The van der Waals surface area contributed by atoms with Crippen LogP contribution in [0.3, 0.4) is 0 Å². The van der Waals surface area contributed by atoms with Crippen molar-refractivity contribution in [2.75, 3.05) is 6.54 Å². The van der Waals surface area contributed by atoms with Crippen LogP contribution >= 0.6 is 11.3 Å². The first-order valence-electron chi connectivity index (χ1n) is 5.91. The van der Waals surface area contributed by atoms with Gasteiger partial charge >= 0.3 is 0 Å². The van der Waals surface area contributed by atoms with E-state index < -0.39 is 0 Å². The molecule has 0 aliphatic heterocycles. The Kier molecular flexibility index (Phi) is 4.28. The normalized spacial score (nSPS) is 12.8. The lowest BCUT2D eigenvalue weighted by Crippen LogP contribution is -2.21. The van der Waals surface area contributed by atoms with Gasteiger partial charge in [-0.15, -0.1) is 11.3 Å². The number of aromatic nitrogens is 3. The van der Waals surface area contributed by atoms with Crippen molar-refractivity contribution in [2.24, 2.45) is 0 Å². The smallest absolute Gasteiger partial charge is 0.122 e. The molecule has 0 aromatic carbocycles. The fourth-order valence-electron chi connectivity index (χ4n) is 1.76. The van der Waals surface area contributed by atoms with Crippen molar-refractivity contribution in [2.45, 2.75) is 32.9 Å². The van der Waals surface area contributed by atoms with E-state index in [-0.39, 0.29) is 0 Å². The van der Waals surface area contributed by atoms with Crippen LogP contribution in [0.15, 0.2) is 24.0 Å². The zero-order valence-electron chi connectivity index (χ0n) is 10.3. The van der Waals surface area contributed by atoms with Crippen LogP contribution in [-0.2, 0) is 13.1 Å². The molecular weight excluding hydrogens is 232 g/mol. The van der Waals surface area contributed by atoms with Gasteiger partial charge in [-0.25, -0.2) is 9.97 Å². The summed E-state index contributed by atoms with van der Waals surface area (Å²) >= 11 is 1.71. The summed E-state index contributed by atoms with van der Waals surface area (Å²) in [5.41, 5.74) is 0. The minimum atomic E-state index is 0.458. The lowest BCUT2D eigenvalue weighted by Gasteiger charge is -2.10. The van der Waals surface area contributed by atoms with Gasteiger partial charge in [0, 0.05) is 43.0 Å². The third kappa shape index (κ3) is 3.14. The van der Waals surface area contributed by atoms with Crippen LogP contribution in [0.4, 0.5) is 0 Å². The van der Waals surface area contributed by atoms with Crippen molar-refractivity contribution in [1.82, 2.24) is 19.9 Å². The highest BCUT2D eigenvalue weighted by atomic mass is 32.1. The predicted octanol–water partition coefficient (Wildman–Crippen LogP) is 2.25. The molecule has 5 heteroatoms. The van der Waals surface area contributed by atoms with Gasteiger partial charge in [-0.3, -0.25) is 0 Å². The molecule has 0 aliphatic rings. The molecule has 2 rings (SSSR count). The van der Waals surface area contributed by atoms with Gasteiger partial charge < -0.3 is 9.88 Å². The number of hydrogen-bond donors (Lipinski definition) is 1. The highest BCUT2D eigenvalue weighted by Gasteiger charge is 2.08. The molecule has 1 N–H and O–H groups in total. The van der Waals surface area contributed by atoms with Crippen molar-refractivity contribution >= 4 is 11.3 Å². The van der Waals surface area contributed by atoms with Crippen LogP contribution < -0.4 is 5.32 Å². The lowest BCUT2D eigenvalue weighted by molar-refractivity contribution is 0.574. The SMILES string of the molecule is CCn1ccnc1CNCC(C)c1nccs1. The summed E-state index contributed by atoms with van der Waals surface area (Å²) in [7, 11) is 0. The molecule has 1 atom stereocenters. The van der Waals surface area contributed by atoms with Crippen molar-refractivity contribution in [3.05, 3.63) is 34.8 Å². The molecular formula is C12H18N4S. The second kappa shape index (κ2) is 5.93. The molecule has 2 heterocycles. The van der Waals surface area contributed by atoms with E-state index >= 15 is 0 Å². The summed E-state index contributed by atoms with van der Waals surface area (Å²) in [5.74, 6) is 1.55. The standard InChI is InChI=1S/C12H18N4S/c1-3-16-6-4-14-11(16)9-13-8-10(2)12-15-5-7-17-12/h4-7,10,13H,3,8-9H2,1-2H3. The van der Waals surface area contributed by atoms with Crippen LogP contribution in [0.5, 0.6) is 0 Å². The quantitative estimate of drug-likeness (QED) is 0.855. The molecule has 2 aromatic rings. The van der Waals surface area contributed by atoms with Crippen molar-refractivity contribution < 1.29 is 0 Å². The van der Waals surface area contributed by atoms with Gasteiger partial charge in [-0.1, -0.05) is 6.92 Å². The third-order valence-electron chi connectivity index (χ3n) is 2.75. The van der Waals surface area contributed by atoms with Crippen LogP contribution in [-0.4, -0.2) is 21.1 Å². The lowest BCUT2D eigenvalue weighted by atomic mass is 10.2. The average molecular weight is 250 g/mol. The Balaban J connectivity index is 1.80. The van der Waals surface area contributed by atoms with E-state index in [1.165, 1.54) is 5.01 Å². The van der Waals surface area contributed by atoms with Gasteiger partial charge in [-0.2, -0.15) is 0 Å². The highest BCUT2D eigenvalue weighted by Crippen LogP contribution is 2.16. The zero-order chi connectivity index (χ0) is 12.1. The van der Waals surface area contributed by atoms with E-state index in [4.69, 9.17) is 0 Å². The second-order valence-electron chi connectivity index (χ2n) is 4.03. The van der Waals surface area contributed by atoms with Crippen molar-refractivity contribution in [3.8, 4) is 0 Å². The topological polar surface area (TPSA) is 42.7 Å². The summed E-state index contributed by atoms with van der Waals surface area (Å²) < 4.78 is 2.15. The minimum Gasteiger partial charge on any atom is -0.334 e. The number of rotatable bonds is 6. The van der Waals surface area contributed by atoms with Crippen LogP contribution in [0.1, 0.15) is 30.6 Å². The van der Waals surface area contributed by atoms with Crippen LogP contribution in [0.25, 0.3) is 0 Å². The summed E-state index contributed by atoms with van der Waals surface area (Å²) in [4.78, 5) is 8.66. The number of imidazole rings is 1. The van der Waals surface area contributed by atoms with Gasteiger partial charge in [0.1, 0.15) is 5.82 Å².